The van der Waals surface area contributed by atoms with Gasteiger partial charge < -0.3 is 4.42 Å². The van der Waals surface area contributed by atoms with Gasteiger partial charge in [-0.25, -0.2) is 4.79 Å². The van der Waals surface area contributed by atoms with Crippen molar-refractivity contribution in [1.82, 2.24) is 0 Å². The Labute approximate surface area is 77.9 Å². The standard InChI is InChI=1S/C11H14O2/c1-4-5-8(2)10-7-6-9(3)11(12)13-10/h5-7H,4H2,1-3H3. The third kappa shape index (κ3) is 2.31. The molecule has 0 fully saturated rings. The first-order chi connectivity index (χ1) is 6.15. The highest BCUT2D eigenvalue weighted by Crippen LogP contribution is 2.12. The first-order valence-electron chi connectivity index (χ1n) is 4.43. The zero-order chi connectivity index (χ0) is 9.84. The van der Waals surface area contributed by atoms with Crippen LogP contribution in [-0.4, -0.2) is 0 Å². The van der Waals surface area contributed by atoms with E-state index in [9.17, 15) is 4.79 Å². The van der Waals surface area contributed by atoms with Gasteiger partial charge in [0.2, 0.25) is 0 Å². The van der Waals surface area contributed by atoms with Crippen molar-refractivity contribution < 1.29 is 4.42 Å². The minimum atomic E-state index is -0.249. The van der Waals surface area contributed by atoms with Gasteiger partial charge in [-0.05, 0) is 38.0 Å². The second-order valence-corrected chi connectivity index (χ2v) is 3.07. The number of rotatable bonds is 2. The largest absolute Gasteiger partial charge is 0.423 e. The number of allylic oxidation sites excluding steroid dienone is 2. The summed E-state index contributed by atoms with van der Waals surface area (Å²) in [5.74, 6) is 0.664. The van der Waals surface area contributed by atoms with Crippen LogP contribution in [0.2, 0.25) is 0 Å². The van der Waals surface area contributed by atoms with Gasteiger partial charge in [-0.1, -0.05) is 13.0 Å². The second-order valence-electron chi connectivity index (χ2n) is 3.07. The summed E-state index contributed by atoms with van der Waals surface area (Å²) in [6, 6.07) is 3.62. The van der Waals surface area contributed by atoms with Crippen LogP contribution in [0.25, 0.3) is 5.57 Å². The van der Waals surface area contributed by atoms with Gasteiger partial charge in [0.25, 0.3) is 0 Å². The van der Waals surface area contributed by atoms with E-state index in [1.807, 2.05) is 19.1 Å². The van der Waals surface area contributed by atoms with Crippen LogP contribution in [0.1, 0.15) is 31.6 Å². The molecule has 1 aromatic rings. The van der Waals surface area contributed by atoms with Gasteiger partial charge >= 0.3 is 5.63 Å². The zero-order valence-corrected chi connectivity index (χ0v) is 8.26. The van der Waals surface area contributed by atoms with Crippen molar-refractivity contribution in [3.8, 4) is 0 Å². The van der Waals surface area contributed by atoms with Crippen LogP contribution < -0.4 is 5.63 Å². The Hall–Kier alpha value is -1.31. The van der Waals surface area contributed by atoms with Gasteiger partial charge in [-0.2, -0.15) is 0 Å². The van der Waals surface area contributed by atoms with E-state index >= 15 is 0 Å². The lowest BCUT2D eigenvalue weighted by atomic mass is 10.2. The summed E-state index contributed by atoms with van der Waals surface area (Å²) in [5, 5.41) is 0. The fourth-order valence-corrected chi connectivity index (χ4v) is 1.10. The van der Waals surface area contributed by atoms with Gasteiger partial charge in [-0.15, -0.1) is 0 Å². The molecule has 1 heterocycles. The summed E-state index contributed by atoms with van der Waals surface area (Å²) in [7, 11) is 0. The second kappa shape index (κ2) is 4.08. The molecule has 0 aliphatic rings. The third-order valence-electron chi connectivity index (χ3n) is 1.91. The van der Waals surface area contributed by atoms with Crippen molar-refractivity contribution >= 4 is 5.57 Å². The van der Waals surface area contributed by atoms with E-state index in [1.165, 1.54) is 0 Å². The Balaban J connectivity index is 3.11. The summed E-state index contributed by atoms with van der Waals surface area (Å²) < 4.78 is 5.10. The molecule has 0 spiro atoms. The van der Waals surface area contributed by atoms with Gasteiger partial charge in [0.1, 0.15) is 5.76 Å². The van der Waals surface area contributed by atoms with Crippen molar-refractivity contribution in [2.45, 2.75) is 27.2 Å². The van der Waals surface area contributed by atoms with Crippen LogP contribution >= 0.6 is 0 Å². The maximum absolute atomic E-state index is 11.2. The molecule has 0 aromatic carbocycles. The molecule has 0 radical (unpaired) electrons. The molecule has 0 aliphatic carbocycles. The average Bonchev–Trinajstić information content (AvgIpc) is 2.10. The van der Waals surface area contributed by atoms with E-state index in [-0.39, 0.29) is 5.63 Å². The lowest BCUT2D eigenvalue weighted by Crippen LogP contribution is -2.03. The molecule has 0 bridgehead atoms. The first kappa shape index (κ1) is 9.78. The highest BCUT2D eigenvalue weighted by atomic mass is 16.4. The normalized spacial score (nSPS) is 11.8. The maximum atomic E-state index is 11.2. The Morgan fingerprint density at radius 3 is 2.77 bits per heavy atom. The molecular formula is C11H14O2. The molecule has 0 unspecified atom stereocenters. The van der Waals surface area contributed by atoms with Crippen LogP contribution in [-0.2, 0) is 0 Å². The summed E-state index contributed by atoms with van der Waals surface area (Å²) in [6.45, 7) is 5.74. The SMILES string of the molecule is CCC=C(C)c1ccc(C)c(=O)o1. The quantitative estimate of drug-likeness (QED) is 0.697. The fourth-order valence-electron chi connectivity index (χ4n) is 1.10. The Kier molecular flexibility index (Phi) is 3.07. The van der Waals surface area contributed by atoms with E-state index in [1.54, 1.807) is 13.0 Å². The third-order valence-corrected chi connectivity index (χ3v) is 1.91. The van der Waals surface area contributed by atoms with Gasteiger partial charge in [0.15, 0.2) is 0 Å². The molecule has 1 aromatic heterocycles. The van der Waals surface area contributed by atoms with Crippen LogP contribution in [0.3, 0.4) is 0 Å². The molecule has 0 aliphatic heterocycles. The Bertz CT molecular complexity index is 372. The first-order valence-corrected chi connectivity index (χ1v) is 4.43. The Morgan fingerprint density at radius 1 is 1.54 bits per heavy atom. The monoisotopic (exact) mass is 178 g/mol. The lowest BCUT2D eigenvalue weighted by Gasteiger charge is -1.99. The van der Waals surface area contributed by atoms with Gasteiger partial charge in [0, 0.05) is 5.56 Å². The molecule has 0 N–H and O–H groups in total. The van der Waals surface area contributed by atoms with Crippen LogP contribution in [0.5, 0.6) is 0 Å². The Morgan fingerprint density at radius 2 is 2.23 bits per heavy atom. The lowest BCUT2D eigenvalue weighted by molar-refractivity contribution is 0.492. The molecule has 2 nitrogen and oxygen atoms in total. The topological polar surface area (TPSA) is 30.2 Å². The van der Waals surface area contributed by atoms with Crippen LogP contribution in [0, 0.1) is 6.92 Å². The minimum absolute atomic E-state index is 0.249. The number of aryl methyl sites for hydroxylation is 1. The maximum Gasteiger partial charge on any atom is 0.339 e. The summed E-state index contributed by atoms with van der Waals surface area (Å²) in [5.41, 5.74) is 1.41. The minimum Gasteiger partial charge on any atom is -0.423 e. The van der Waals surface area contributed by atoms with E-state index < -0.39 is 0 Å². The molecule has 0 amide bonds. The van der Waals surface area contributed by atoms with Gasteiger partial charge in [0.05, 0.1) is 0 Å². The fraction of sp³-hybridized carbons (Fsp3) is 0.364. The van der Waals surface area contributed by atoms with Crippen molar-refractivity contribution in [2.24, 2.45) is 0 Å². The summed E-state index contributed by atoms with van der Waals surface area (Å²) in [4.78, 5) is 11.2. The zero-order valence-electron chi connectivity index (χ0n) is 8.26. The number of hydrogen-bond acceptors (Lipinski definition) is 2. The molecule has 1 rings (SSSR count). The number of hydrogen-bond donors (Lipinski definition) is 0. The molecule has 70 valence electrons. The van der Waals surface area contributed by atoms with E-state index in [2.05, 4.69) is 6.92 Å². The highest BCUT2D eigenvalue weighted by molar-refractivity contribution is 5.58. The highest BCUT2D eigenvalue weighted by Gasteiger charge is 2.00. The van der Waals surface area contributed by atoms with Crippen molar-refractivity contribution in [3.63, 3.8) is 0 Å². The van der Waals surface area contributed by atoms with E-state index in [0.717, 1.165) is 12.0 Å². The van der Waals surface area contributed by atoms with Gasteiger partial charge in [-0.3, -0.25) is 0 Å². The van der Waals surface area contributed by atoms with Crippen molar-refractivity contribution in [2.75, 3.05) is 0 Å². The van der Waals surface area contributed by atoms with Crippen LogP contribution in [0.15, 0.2) is 27.4 Å². The predicted molar refractivity (Wildman–Crippen MR) is 53.7 cm³/mol. The molecule has 0 saturated heterocycles. The van der Waals surface area contributed by atoms with E-state index in [4.69, 9.17) is 4.42 Å². The van der Waals surface area contributed by atoms with E-state index in [0.29, 0.717) is 11.3 Å². The van der Waals surface area contributed by atoms with Crippen molar-refractivity contribution in [3.05, 3.63) is 40.0 Å². The van der Waals surface area contributed by atoms with Crippen molar-refractivity contribution in [1.29, 1.82) is 0 Å². The summed E-state index contributed by atoms with van der Waals surface area (Å²) >= 11 is 0. The molecule has 0 atom stereocenters. The molecular weight excluding hydrogens is 164 g/mol. The smallest absolute Gasteiger partial charge is 0.339 e. The predicted octanol–water partition coefficient (Wildman–Crippen LogP) is 2.76. The molecule has 13 heavy (non-hydrogen) atoms. The molecule has 2 heteroatoms. The average molecular weight is 178 g/mol. The summed E-state index contributed by atoms with van der Waals surface area (Å²) in [6.07, 6.45) is 2.98. The van der Waals surface area contributed by atoms with Crippen LogP contribution in [0.4, 0.5) is 0 Å². The molecule has 0 saturated carbocycles.